The van der Waals surface area contributed by atoms with Crippen molar-refractivity contribution in [3.8, 4) is 0 Å². The molecular formula is C21H16N2O. The van der Waals surface area contributed by atoms with Crippen LogP contribution in [0.1, 0.15) is 21.5 Å². The molecule has 0 saturated heterocycles. The fourth-order valence-electron chi connectivity index (χ4n) is 3.65. The lowest BCUT2D eigenvalue weighted by Crippen LogP contribution is -2.23. The number of benzene rings is 3. The molecule has 1 aliphatic heterocycles. The Labute approximate surface area is 139 Å². The van der Waals surface area contributed by atoms with E-state index in [0.717, 1.165) is 33.1 Å². The molecule has 0 bridgehead atoms. The number of hydrogen-bond acceptors (Lipinski definition) is 1. The van der Waals surface area contributed by atoms with E-state index in [1.807, 2.05) is 35.2 Å². The minimum Gasteiger partial charge on any atom is -0.355 e. The van der Waals surface area contributed by atoms with Crippen molar-refractivity contribution in [1.29, 1.82) is 0 Å². The van der Waals surface area contributed by atoms with Gasteiger partial charge in [-0.25, -0.2) is 0 Å². The number of para-hydroxylation sites is 1. The van der Waals surface area contributed by atoms with E-state index < -0.39 is 0 Å². The first-order valence-corrected chi connectivity index (χ1v) is 8.16. The number of rotatable bonds is 2. The molecule has 1 amide bonds. The van der Waals surface area contributed by atoms with Crippen LogP contribution in [0.15, 0.2) is 66.7 Å². The molecule has 0 saturated carbocycles. The van der Waals surface area contributed by atoms with E-state index >= 15 is 0 Å². The molecule has 1 aromatic heterocycles. The molecule has 1 aliphatic rings. The van der Waals surface area contributed by atoms with Crippen LogP contribution < -0.4 is 0 Å². The van der Waals surface area contributed by atoms with Gasteiger partial charge in [-0.05, 0) is 29.3 Å². The van der Waals surface area contributed by atoms with Crippen LogP contribution in [-0.4, -0.2) is 15.8 Å². The molecule has 0 unspecified atom stereocenters. The van der Waals surface area contributed by atoms with Gasteiger partial charge in [-0.2, -0.15) is 0 Å². The summed E-state index contributed by atoms with van der Waals surface area (Å²) >= 11 is 0. The number of fused-ring (bicyclic) bond motifs is 4. The van der Waals surface area contributed by atoms with Gasteiger partial charge >= 0.3 is 0 Å². The molecule has 116 valence electrons. The molecule has 3 nitrogen and oxygen atoms in total. The molecule has 0 fully saturated rings. The quantitative estimate of drug-likeness (QED) is 0.582. The normalized spacial score (nSPS) is 13.8. The zero-order chi connectivity index (χ0) is 16.1. The highest BCUT2D eigenvalue weighted by Gasteiger charge is 2.28. The van der Waals surface area contributed by atoms with Gasteiger partial charge in [-0.3, -0.25) is 4.79 Å². The van der Waals surface area contributed by atoms with Crippen LogP contribution in [0.2, 0.25) is 0 Å². The fraction of sp³-hybridized carbons (Fsp3) is 0.0952. The number of aromatic nitrogens is 1. The molecule has 0 aliphatic carbocycles. The first kappa shape index (κ1) is 13.4. The standard InChI is InChI=1S/C21H16N2O/c24-21-17-11-18-16-8-4-5-9-19(16)22-20(18)10-15(17)13-23(21)12-14-6-2-1-3-7-14/h1-11,22H,12-13H2. The summed E-state index contributed by atoms with van der Waals surface area (Å²) in [5, 5.41) is 2.30. The van der Waals surface area contributed by atoms with Crippen molar-refractivity contribution in [1.82, 2.24) is 9.88 Å². The maximum Gasteiger partial charge on any atom is 0.254 e. The van der Waals surface area contributed by atoms with Crippen LogP contribution in [0.5, 0.6) is 0 Å². The Morgan fingerprint density at radius 2 is 1.67 bits per heavy atom. The van der Waals surface area contributed by atoms with Crippen LogP contribution in [0, 0.1) is 0 Å². The SMILES string of the molecule is O=C1c2cc3c(cc2CN1Cc1ccccc1)[nH]c1ccccc13. The Bertz CT molecular complexity index is 1080. The highest BCUT2D eigenvalue weighted by Crippen LogP contribution is 2.32. The van der Waals surface area contributed by atoms with E-state index in [0.29, 0.717) is 13.1 Å². The second-order valence-corrected chi connectivity index (χ2v) is 6.37. The number of aromatic amines is 1. The summed E-state index contributed by atoms with van der Waals surface area (Å²) in [6, 6.07) is 22.6. The number of amides is 1. The minimum absolute atomic E-state index is 0.126. The molecule has 5 rings (SSSR count). The van der Waals surface area contributed by atoms with E-state index in [4.69, 9.17) is 0 Å². The predicted molar refractivity (Wildman–Crippen MR) is 95.8 cm³/mol. The van der Waals surface area contributed by atoms with E-state index in [2.05, 4.69) is 41.4 Å². The van der Waals surface area contributed by atoms with Gasteiger partial charge in [-0.15, -0.1) is 0 Å². The molecule has 3 heteroatoms. The van der Waals surface area contributed by atoms with Gasteiger partial charge in [0.05, 0.1) is 0 Å². The van der Waals surface area contributed by atoms with E-state index in [1.54, 1.807) is 0 Å². The number of H-pyrrole nitrogens is 1. The van der Waals surface area contributed by atoms with Crippen LogP contribution in [-0.2, 0) is 13.1 Å². The molecule has 24 heavy (non-hydrogen) atoms. The Morgan fingerprint density at radius 3 is 2.54 bits per heavy atom. The van der Waals surface area contributed by atoms with E-state index in [1.165, 1.54) is 5.39 Å². The van der Waals surface area contributed by atoms with Crippen molar-refractivity contribution in [2.24, 2.45) is 0 Å². The molecule has 4 aromatic rings. The van der Waals surface area contributed by atoms with Gasteiger partial charge < -0.3 is 9.88 Å². The van der Waals surface area contributed by atoms with Gasteiger partial charge in [-0.1, -0.05) is 48.5 Å². The first-order chi connectivity index (χ1) is 11.8. The molecule has 0 radical (unpaired) electrons. The second kappa shape index (κ2) is 4.96. The minimum atomic E-state index is 0.126. The Kier molecular flexibility index (Phi) is 2.77. The highest BCUT2D eigenvalue weighted by molar-refractivity contribution is 6.11. The lowest BCUT2D eigenvalue weighted by atomic mass is 10.1. The van der Waals surface area contributed by atoms with Crippen LogP contribution in [0.25, 0.3) is 21.8 Å². The average Bonchev–Trinajstić information content (AvgIpc) is 3.12. The van der Waals surface area contributed by atoms with Crippen molar-refractivity contribution < 1.29 is 4.79 Å². The van der Waals surface area contributed by atoms with Crippen molar-refractivity contribution in [3.05, 3.63) is 83.4 Å². The van der Waals surface area contributed by atoms with Crippen molar-refractivity contribution >= 4 is 27.7 Å². The Hall–Kier alpha value is -3.07. The summed E-state index contributed by atoms with van der Waals surface area (Å²) in [6.07, 6.45) is 0. The van der Waals surface area contributed by atoms with Gasteiger partial charge in [0, 0.05) is 40.5 Å². The average molecular weight is 312 g/mol. The molecule has 3 aromatic carbocycles. The second-order valence-electron chi connectivity index (χ2n) is 6.37. The molecule has 0 spiro atoms. The van der Waals surface area contributed by atoms with Crippen molar-refractivity contribution in [3.63, 3.8) is 0 Å². The summed E-state index contributed by atoms with van der Waals surface area (Å²) in [5.74, 6) is 0.126. The third kappa shape index (κ3) is 1.95. The van der Waals surface area contributed by atoms with Crippen molar-refractivity contribution in [2.45, 2.75) is 13.1 Å². The van der Waals surface area contributed by atoms with Gasteiger partial charge in [0.25, 0.3) is 5.91 Å². The van der Waals surface area contributed by atoms with Gasteiger partial charge in [0.15, 0.2) is 0 Å². The van der Waals surface area contributed by atoms with Crippen LogP contribution >= 0.6 is 0 Å². The number of hydrogen-bond donors (Lipinski definition) is 1. The van der Waals surface area contributed by atoms with E-state index in [-0.39, 0.29) is 5.91 Å². The number of nitrogens with zero attached hydrogens (tertiary/aromatic N) is 1. The van der Waals surface area contributed by atoms with Crippen LogP contribution in [0.4, 0.5) is 0 Å². The summed E-state index contributed by atoms with van der Waals surface area (Å²) < 4.78 is 0. The number of carbonyl (C=O) groups excluding carboxylic acids is 1. The number of nitrogens with one attached hydrogen (secondary N) is 1. The van der Waals surface area contributed by atoms with Crippen molar-refractivity contribution in [2.75, 3.05) is 0 Å². The van der Waals surface area contributed by atoms with E-state index in [9.17, 15) is 4.79 Å². The van der Waals surface area contributed by atoms with Gasteiger partial charge in [0.1, 0.15) is 0 Å². The predicted octanol–water partition coefficient (Wildman–Crippen LogP) is 4.48. The summed E-state index contributed by atoms with van der Waals surface area (Å²) in [6.45, 7) is 1.33. The number of carbonyl (C=O) groups is 1. The molecule has 1 N–H and O–H groups in total. The molecular weight excluding hydrogens is 296 g/mol. The molecule has 0 atom stereocenters. The third-order valence-corrected chi connectivity index (χ3v) is 4.83. The Morgan fingerprint density at radius 1 is 0.875 bits per heavy atom. The lowest BCUT2D eigenvalue weighted by Gasteiger charge is -2.15. The third-order valence-electron chi connectivity index (χ3n) is 4.83. The summed E-state index contributed by atoms with van der Waals surface area (Å²) in [7, 11) is 0. The van der Waals surface area contributed by atoms with Crippen LogP contribution in [0.3, 0.4) is 0 Å². The van der Waals surface area contributed by atoms with Gasteiger partial charge in [0.2, 0.25) is 0 Å². The zero-order valence-corrected chi connectivity index (χ0v) is 13.1. The first-order valence-electron chi connectivity index (χ1n) is 8.16. The fourth-order valence-corrected chi connectivity index (χ4v) is 3.65. The maximum absolute atomic E-state index is 12.8. The lowest BCUT2D eigenvalue weighted by molar-refractivity contribution is 0.0767. The summed E-state index contributed by atoms with van der Waals surface area (Å²) in [4.78, 5) is 18.2. The summed E-state index contributed by atoms with van der Waals surface area (Å²) in [5.41, 5.74) is 5.32. The maximum atomic E-state index is 12.8. The Balaban J connectivity index is 1.57. The molecule has 2 heterocycles. The monoisotopic (exact) mass is 312 g/mol. The smallest absolute Gasteiger partial charge is 0.254 e. The topological polar surface area (TPSA) is 36.1 Å². The highest BCUT2D eigenvalue weighted by atomic mass is 16.2. The zero-order valence-electron chi connectivity index (χ0n) is 13.1. The largest absolute Gasteiger partial charge is 0.355 e.